The van der Waals surface area contributed by atoms with Gasteiger partial charge in [0.25, 0.3) is 0 Å². The van der Waals surface area contributed by atoms with E-state index in [9.17, 15) is 4.79 Å². The Morgan fingerprint density at radius 2 is 2.24 bits per heavy atom. The Kier molecular flexibility index (Phi) is 3.45. The van der Waals surface area contributed by atoms with Crippen LogP contribution in [0.15, 0.2) is 18.2 Å². The molecule has 5 heteroatoms. The lowest BCUT2D eigenvalue weighted by atomic mass is 10.2. The fraction of sp³-hybridized carbons (Fsp3) is 0.167. The van der Waals surface area contributed by atoms with Crippen LogP contribution >= 0.6 is 22.9 Å². The maximum atomic E-state index is 10.8. The van der Waals surface area contributed by atoms with Crippen LogP contribution < -0.4 is 4.74 Å². The van der Waals surface area contributed by atoms with Crippen molar-refractivity contribution < 1.29 is 9.53 Å². The normalized spacial score (nSPS) is 10.3. The molecule has 1 heterocycles. The van der Waals surface area contributed by atoms with Gasteiger partial charge in [-0.25, -0.2) is 4.98 Å². The fourth-order valence-electron chi connectivity index (χ4n) is 1.44. The second-order valence-corrected chi connectivity index (χ2v) is 4.87. The molecule has 0 aliphatic rings. The number of rotatable bonds is 3. The quantitative estimate of drug-likeness (QED) is 0.798. The third kappa shape index (κ3) is 2.33. The van der Waals surface area contributed by atoms with Crippen molar-refractivity contribution in [2.45, 2.75) is 6.92 Å². The molecule has 17 heavy (non-hydrogen) atoms. The van der Waals surface area contributed by atoms with Gasteiger partial charge in [0.15, 0.2) is 6.29 Å². The van der Waals surface area contributed by atoms with E-state index >= 15 is 0 Å². The zero-order chi connectivity index (χ0) is 12.4. The standard InChI is InChI=1S/C12H10ClNO2S/c1-7-11(6-15)17-12(14-7)8-3-4-10(16-2)9(13)5-8/h3-6H,1-2H3. The maximum absolute atomic E-state index is 10.8. The van der Waals surface area contributed by atoms with Crippen LogP contribution in [0, 0.1) is 6.92 Å². The van der Waals surface area contributed by atoms with Crippen LogP contribution in [-0.4, -0.2) is 18.4 Å². The van der Waals surface area contributed by atoms with Crippen LogP contribution in [0.25, 0.3) is 10.6 Å². The molecule has 0 bridgehead atoms. The maximum Gasteiger partial charge on any atom is 0.161 e. The first kappa shape index (κ1) is 12.1. The highest BCUT2D eigenvalue weighted by atomic mass is 35.5. The first-order valence-corrected chi connectivity index (χ1v) is 6.11. The largest absolute Gasteiger partial charge is 0.495 e. The van der Waals surface area contributed by atoms with Crippen LogP contribution in [0.5, 0.6) is 5.75 Å². The molecule has 0 amide bonds. The number of methoxy groups -OCH3 is 1. The Morgan fingerprint density at radius 1 is 1.47 bits per heavy atom. The molecule has 2 aromatic rings. The van der Waals surface area contributed by atoms with E-state index in [2.05, 4.69) is 4.98 Å². The number of halogens is 1. The Bertz CT molecular complexity index is 566. The molecule has 0 fully saturated rings. The molecule has 1 aromatic heterocycles. The van der Waals surface area contributed by atoms with Crippen molar-refractivity contribution in [3.05, 3.63) is 33.8 Å². The van der Waals surface area contributed by atoms with Gasteiger partial charge in [-0.05, 0) is 25.1 Å². The van der Waals surface area contributed by atoms with Crippen LogP contribution in [0.2, 0.25) is 5.02 Å². The number of hydrogen-bond donors (Lipinski definition) is 0. The predicted molar refractivity (Wildman–Crippen MR) is 69.2 cm³/mol. The van der Waals surface area contributed by atoms with Crippen molar-refractivity contribution in [2.75, 3.05) is 7.11 Å². The van der Waals surface area contributed by atoms with Gasteiger partial charge >= 0.3 is 0 Å². The molecule has 3 nitrogen and oxygen atoms in total. The predicted octanol–water partition coefficient (Wildman–Crippen LogP) is 3.59. The van der Waals surface area contributed by atoms with E-state index in [1.54, 1.807) is 19.2 Å². The molecule has 0 aliphatic carbocycles. The summed E-state index contributed by atoms with van der Waals surface area (Å²) >= 11 is 7.40. The summed E-state index contributed by atoms with van der Waals surface area (Å²) in [6, 6.07) is 5.44. The van der Waals surface area contributed by atoms with Crippen molar-refractivity contribution in [1.29, 1.82) is 0 Å². The smallest absolute Gasteiger partial charge is 0.161 e. The lowest BCUT2D eigenvalue weighted by molar-refractivity contribution is 0.112. The molecule has 0 saturated heterocycles. The number of carbonyl (C=O) groups excluding carboxylic acids is 1. The topological polar surface area (TPSA) is 39.2 Å². The Morgan fingerprint density at radius 3 is 2.76 bits per heavy atom. The van der Waals surface area contributed by atoms with Gasteiger partial charge in [0.05, 0.1) is 22.7 Å². The summed E-state index contributed by atoms with van der Waals surface area (Å²) in [5.74, 6) is 0.624. The van der Waals surface area contributed by atoms with Crippen molar-refractivity contribution in [1.82, 2.24) is 4.98 Å². The molecule has 0 unspecified atom stereocenters. The van der Waals surface area contributed by atoms with Crippen LogP contribution in [0.1, 0.15) is 15.4 Å². The highest BCUT2D eigenvalue weighted by Gasteiger charge is 2.10. The summed E-state index contributed by atoms with van der Waals surface area (Å²) in [7, 11) is 1.57. The van der Waals surface area contributed by atoms with E-state index in [1.807, 2.05) is 13.0 Å². The van der Waals surface area contributed by atoms with Gasteiger partial charge in [0, 0.05) is 5.56 Å². The Labute approximate surface area is 108 Å². The van der Waals surface area contributed by atoms with E-state index in [0.717, 1.165) is 22.6 Å². The molecular weight excluding hydrogens is 258 g/mol. The zero-order valence-corrected chi connectivity index (χ0v) is 10.9. The number of aldehydes is 1. The molecule has 0 saturated carbocycles. The fourth-order valence-corrected chi connectivity index (χ4v) is 2.58. The second-order valence-electron chi connectivity index (χ2n) is 3.44. The minimum atomic E-state index is 0.533. The van der Waals surface area contributed by atoms with E-state index in [4.69, 9.17) is 16.3 Å². The van der Waals surface area contributed by atoms with Gasteiger partial charge in [-0.15, -0.1) is 11.3 Å². The summed E-state index contributed by atoms with van der Waals surface area (Å²) < 4.78 is 5.08. The lowest BCUT2D eigenvalue weighted by Crippen LogP contribution is -1.84. The number of aromatic nitrogens is 1. The number of ether oxygens (including phenoxy) is 1. The second kappa shape index (κ2) is 4.85. The first-order chi connectivity index (χ1) is 8.15. The molecule has 0 atom stereocenters. The summed E-state index contributed by atoms with van der Waals surface area (Å²) in [6.45, 7) is 1.81. The molecule has 1 aromatic carbocycles. The first-order valence-electron chi connectivity index (χ1n) is 4.92. The Hall–Kier alpha value is -1.39. The van der Waals surface area contributed by atoms with Gasteiger partial charge in [-0.3, -0.25) is 4.79 Å². The molecule has 0 N–H and O–H groups in total. The highest BCUT2D eigenvalue weighted by molar-refractivity contribution is 7.16. The molecule has 0 radical (unpaired) electrons. The molecule has 88 valence electrons. The lowest BCUT2D eigenvalue weighted by Gasteiger charge is -2.03. The number of benzene rings is 1. The number of hydrogen-bond acceptors (Lipinski definition) is 4. The zero-order valence-electron chi connectivity index (χ0n) is 9.36. The van der Waals surface area contributed by atoms with E-state index in [0.29, 0.717) is 15.6 Å². The van der Waals surface area contributed by atoms with E-state index < -0.39 is 0 Å². The number of aryl methyl sites for hydroxylation is 1. The van der Waals surface area contributed by atoms with Gasteiger partial charge < -0.3 is 4.74 Å². The van der Waals surface area contributed by atoms with Crippen molar-refractivity contribution >= 4 is 29.2 Å². The minimum absolute atomic E-state index is 0.533. The van der Waals surface area contributed by atoms with Crippen molar-refractivity contribution in [3.8, 4) is 16.3 Å². The summed E-state index contributed by atoms with van der Waals surface area (Å²) in [5, 5.41) is 1.32. The van der Waals surface area contributed by atoms with Crippen molar-refractivity contribution in [2.24, 2.45) is 0 Å². The van der Waals surface area contributed by atoms with Crippen LogP contribution in [0.4, 0.5) is 0 Å². The van der Waals surface area contributed by atoms with Crippen LogP contribution in [0.3, 0.4) is 0 Å². The summed E-state index contributed by atoms with van der Waals surface area (Å²) in [5.41, 5.74) is 1.63. The number of nitrogens with zero attached hydrogens (tertiary/aromatic N) is 1. The van der Waals surface area contributed by atoms with Crippen molar-refractivity contribution in [3.63, 3.8) is 0 Å². The van der Waals surface area contributed by atoms with Gasteiger partial charge in [-0.2, -0.15) is 0 Å². The van der Waals surface area contributed by atoms with Gasteiger partial charge in [0.2, 0.25) is 0 Å². The summed E-state index contributed by atoms with van der Waals surface area (Å²) in [6.07, 6.45) is 0.821. The van der Waals surface area contributed by atoms with E-state index in [1.165, 1.54) is 11.3 Å². The Balaban J connectivity index is 2.45. The number of carbonyl (C=O) groups is 1. The molecule has 0 aliphatic heterocycles. The van der Waals surface area contributed by atoms with Gasteiger partial charge in [-0.1, -0.05) is 11.6 Å². The van der Waals surface area contributed by atoms with Crippen LogP contribution in [-0.2, 0) is 0 Å². The monoisotopic (exact) mass is 267 g/mol. The minimum Gasteiger partial charge on any atom is -0.495 e. The average molecular weight is 268 g/mol. The summed E-state index contributed by atoms with van der Waals surface area (Å²) in [4.78, 5) is 15.7. The van der Waals surface area contributed by atoms with E-state index in [-0.39, 0.29) is 0 Å². The third-order valence-electron chi connectivity index (χ3n) is 2.34. The van der Waals surface area contributed by atoms with Gasteiger partial charge in [0.1, 0.15) is 10.8 Å². The molecule has 2 rings (SSSR count). The molecular formula is C12H10ClNO2S. The average Bonchev–Trinajstić information content (AvgIpc) is 2.70. The number of thiazole rings is 1. The third-order valence-corrected chi connectivity index (χ3v) is 3.77. The SMILES string of the molecule is COc1ccc(-c2nc(C)c(C=O)s2)cc1Cl. The highest BCUT2D eigenvalue weighted by Crippen LogP contribution is 2.32. The molecule has 0 spiro atoms.